The van der Waals surface area contributed by atoms with Crippen LogP contribution in [0.5, 0.6) is 0 Å². The minimum absolute atomic E-state index is 0.215. The minimum Gasteiger partial charge on any atom is -0.203 e. The molecule has 0 amide bonds. The lowest BCUT2D eigenvalue weighted by atomic mass is 9.66. The lowest BCUT2D eigenvalue weighted by Gasteiger charge is -2.39. The van der Waals surface area contributed by atoms with E-state index in [2.05, 4.69) is 6.92 Å². The van der Waals surface area contributed by atoms with E-state index in [-0.39, 0.29) is 5.92 Å². The molecule has 0 nitrogen and oxygen atoms in total. The molecule has 0 aliphatic heterocycles. The van der Waals surface area contributed by atoms with Crippen molar-refractivity contribution in [2.75, 3.05) is 0 Å². The molecular formula is C29H44F2. The van der Waals surface area contributed by atoms with Gasteiger partial charge in [0.1, 0.15) is 0 Å². The fraction of sp³-hybridized carbons (Fsp3) is 0.793. The Bertz CT molecular complexity index is 695. The summed E-state index contributed by atoms with van der Waals surface area (Å²) in [6.07, 6.45) is 19.0. The number of halogens is 2. The molecule has 3 aliphatic carbocycles. The van der Waals surface area contributed by atoms with E-state index in [4.69, 9.17) is 0 Å². The minimum atomic E-state index is -0.590. The van der Waals surface area contributed by atoms with E-state index in [1.54, 1.807) is 0 Å². The zero-order valence-corrected chi connectivity index (χ0v) is 20.0. The van der Waals surface area contributed by atoms with Crippen LogP contribution in [0.4, 0.5) is 8.78 Å². The van der Waals surface area contributed by atoms with Crippen LogP contribution in [0, 0.1) is 41.2 Å². The molecule has 0 heterocycles. The van der Waals surface area contributed by atoms with Crippen LogP contribution in [0.15, 0.2) is 12.1 Å². The first-order valence-electron chi connectivity index (χ1n) is 13.6. The lowest BCUT2D eigenvalue weighted by molar-refractivity contribution is 0.133. The van der Waals surface area contributed by atoms with Crippen LogP contribution >= 0.6 is 0 Å². The maximum absolute atomic E-state index is 14.7. The fourth-order valence-corrected chi connectivity index (χ4v) is 7.58. The van der Waals surface area contributed by atoms with E-state index in [0.717, 1.165) is 48.9 Å². The molecule has 0 saturated heterocycles. The molecule has 2 unspecified atom stereocenters. The van der Waals surface area contributed by atoms with E-state index < -0.39 is 11.6 Å². The fourth-order valence-electron chi connectivity index (χ4n) is 7.58. The predicted octanol–water partition coefficient (Wildman–Crippen LogP) is 9.21. The number of hydrogen-bond donors (Lipinski definition) is 0. The largest absolute Gasteiger partial charge is 0.203 e. The summed E-state index contributed by atoms with van der Waals surface area (Å²) < 4.78 is 29.1. The van der Waals surface area contributed by atoms with Crippen LogP contribution in [-0.2, 0) is 6.42 Å². The normalized spacial score (nSPS) is 34.2. The number of rotatable bonds is 7. The molecule has 31 heavy (non-hydrogen) atoms. The molecule has 0 aromatic heterocycles. The van der Waals surface area contributed by atoms with Crippen molar-refractivity contribution in [3.05, 3.63) is 34.9 Å². The van der Waals surface area contributed by atoms with Gasteiger partial charge in [-0.05, 0) is 117 Å². The molecule has 4 rings (SSSR count). The third kappa shape index (κ3) is 5.36. The lowest BCUT2D eigenvalue weighted by Crippen LogP contribution is -2.27. The summed E-state index contributed by atoms with van der Waals surface area (Å²) in [7, 11) is 0. The Morgan fingerprint density at radius 2 is 1.26 bits per heavy atom. The molecule has 0 radical (unpaired) electrons. The highest BCUT2D eigenvalue weighted by Gasteiger charge is 2.36. The molecule has 3 aliphatic rings. The van der Waals surface area contributed by atoms with E-state index in [1.165, 1.54) is 70.6 Å². The molecule has 2 heteroatoms. The smallest absolute Gasteiger partial charge is 0.162 e. The summed E-state index contributed by atoms with van der Waals surface area (Å²) in [6, 6.07) is 3.71. The van der Waals surface area contributed by atoms with Gasteiger partial charge in [0.05, 0.1) is 0 Å². The quantitative estimate of drug-likeness (QED) is 0.404. The highest BCUT2D eigenvalue weighted by Crippen LogP contribution is 2.48. The monoisotopic (exact) mass is 430 g/mol. The van der Waals surface area contributed by atoms with Crippen molar-refractivity contribution in [1.29, 1.82) is 0 Å². The highest BCUT2D eigenvalue weighted by atomic mass is 19.2. The maximum atomic E-state index is 14.7. The molecule has 0 N–H and O–H groups in total. The second-order valence-electron chi connectivity index (χ2n) is 11.2. The molecule has 3 saturated carbocycles. The standard InChI is InChI=1S/C29H44F2/c1-3-5-20-7-8-26(19-20)23-11-9-21(10-12-23)22-13-15-24(16-14-22)27-18-17-25(6-4-2)28(30)29(27)31/h17-18,20-24,26H,3-16,19H2,1-2H3. The maximum Gasteiger partial charge on any atom is 0.162 e. The summed E-state index contributed by atoms with van der Waals surface area (Å²) in [6.45, 7) is 4.34. The first kappa shape index (κ1) is 23.2. The zero-order valence-electron chi connectivity index (χ0n) is 20.0. The summed E-state index contributed by atoms with van der Waals surface area (Å²) in [4.78, 5) is 0. The van der Waals surface area contributed by atoms with E-state index in [1.807, 2.05) is 19.1 Å². The topological polar surface area (TPSA) is 0 Å². The summed E-state index contributed by atoms with van der Waals surface area (Å²) in [5, 5.41) is 0. The van der Waals surface area contributed by atoms with Gasteiger partial charge in [0.25, 0.3) is 0 Å². The highest BCUT2D eigenvalue weighted by molar-refractivity contribution is 5.29. The number of hydrogen-bond acceptors (Lipinski definition) is 0. The Morgan fingerprint density at radius 1 is 0.677 bits per heavy atom. The van der Waals surface area contributed by atoms with Crippen LogP contribution in [0.25, 0.3) is 0 Å². The second-order valence-corrected chi connectivity index (χ2v) is 11.2. The van der Waals surface area contributed by atoms with Crippen molar-refractivity contribution in [1.82, 2.24) is 0 Å². The van der Waals surface area contributed by atoms with Crippen LogP contribution < -0.4 is 0 Å². The van der Waals surface area contributed by atoms with E-state index >= 15 is 0 Å². The van der Waals surface area contributed by atoms with Crippen LogP contribution in [0.1, 0.15) is 121 Å². The van der Waals surface area contributed by atoms with Gasteiger partial charge in [0.15, 0.2) is 11.6 Å². The Kier molecular flexibility index (Phi) is 8.10. The van der Waals surface area contributed by atoms with Crippen molar-refractivity contribution >= 4 is 0 Å². The summed E-state index contributed by atoms with van der Waals surface area (Å²) in [5.74, 6) is 3.80. The molecule has 174 valence electrons. The van der Waals surface area contributed by atoms with Crippen LogP contribution in [-0.4, -0.2) is 0 Å². The Labute approximate surface area is 189 Å². The Hall–Kier alpha value is -0.920. The molecule has 1 aromatic carbocycles. The van der Waals surface area contributed by atoms with Crippen LogP contribution in [0.3, 0.4) is 0 Å². The molecule has 0 bridgehead atoms. The van der Waals surface area contributed by atoms with Gasteiger partial charge in [-0.1, -0.05) is 51.7 Å². The van der Waals surface area contributed by atoms with Gasteiger partial charge in [0.2, 0.25) is 0 Å². The van der Waals surface area contributed by atoms with Gasteiger partial charge < -0.3 is 0 Å². The average molecular weight is 431 g/mol. The van der Waals surface area contributed by atoms with Crippen molar-refractivity contribution in [2.45, 2.75) is 116 Å². The molecule has 3 fully saturated rings. The number of benzene rings is 1. The van der Waals surface area contributed by atoms with Crippen molar-refractivity contribution in [3.8, 4) is 0 Å². The van der Waals surface area contributed by atoms with E-state index in [9.17, 15) is 8.78 Å². The van der Waals surface area contributed by atoms with Crippen molar-refractivity contribution in [3.63, 3.8) is 0 Å². The summed E-state index contributed by atoms with van der Waals surface area (Å²) in [5.41, 5.74) is 1.18. The van der Waals surface area contributed by atoms with Crippen molar-refractivity contribution in [2.24, 2.45) is 29.6 Å². The SMILES string of the molecule is CCCc1ccc(C2CCC(C3CCC(C4CCC(CCC)C4)CC3)CC2)c(F)c1F. The summed E-state index contributed by atoms with van der Waals surface area (Å²) >= 11 is 0. The Balaban J connectivity index is 1.25. The van der Waals surface area contributed by atoms with Gasteiger partial charge in [-0.3, -0.25) is 0 Å². The van der Waals surface area contributed by atoms with Crippen LogP contribution in [0.2, 0.25) is 0 Å². The molecular weight excluding hydrogens is 386 g/mol. The van der Waals surface area contributed by atoms with Gasteiger partial charge in [-0.2, -0.15) is 0 Å². The Morgan fingerprint density at radius 3 is 1.87 bits per heavy atom. The second kappa shape index (κ2) is 10.8. The third-order valence-electron chi connectivity index (χ3n) is 9.35. The third-order valence-corrected chi connectivity index (χ3v) is 9.35. The molecule has 1 aromatic rings. The van der Waals surface area contributed by atoms with Gasteiger partial charge in [-0.25, -0.2) is 8.78 Å². The van der Waals surface area contributed by atoms with Gasteiger partial charge >= 0.3 is 0 Å². The predicted molar refractivity (Wildman–Crippen MR) is 126 cm³/mol. The molecule has 0 spiro atoms. The molecule has 2 atom stereocenters. The zero-order chi connectivity index (χ0) is 21.8. The van der Waals surface area contributed by atoms with Gasteiger partial charge in [0, 0.05) is 0 Å². The van der Waals surface area contributed by atoms with E-state index in [0.29, 0.717) is 17.5 Å². The first-order valence-corrected chi connectivity index (χ1v) is 13.6. The average Bonchev–Trinajstić information content (AvgIpc) is 3.26. The first-order chi connectivity index (χ1) is 15.1. The van der Waals surface area contributed by atoms with Crippen molar-refractivity contribution < 1.29 is 8.78 Å². The number of aryl methyl sites for hydroxylation is 1. The van der Waals surface area contributed by atoms with Gasteiger partial charge in [-0.15, -0.1) is 0 Å².